The molecule has 0 aromatic carbocycles. The molecule has 1 amide bonds. The minimum Gasteiger partial charge on any atom is -0.348 e. The van der Waals surface area contributed by atoms with E-state index < -0.39 is 0 Å². The number of hydrogen-bond donors (Lipinski definition) is 0. The van der Waals surface area contributed by atoms with Crippen molar-refractivity contribution in [3.8, 4) is 0 Å². The van der Waals surface area contributed by atoms with E-state index in [0.29, 0.717) is 19.0 Å². The molecule has 2 aromatic heterocycles. The number of carbonyl (C=O) groups excluding carboxylic acids is 1. The number of likely N-dealkylation sites (N-methyl/N-ethyl adjacent to an activating group) is 1. The molecule has 0 N–H and O–H groups in total. The SMILES string of the molecule is CN(C)C(=O)CN1CCC(c2nnc(Cn3cccn3)n2C)CC1. The summed E-state index contributed by atoms with van der Waals surface area (Å²) in [5, 5.41) is 13.0. The zero-order valence-electron chi connectivity index (χ0n) is 14.6. The number of likely N-dealkylation sites (tertiary alicyclic amines) is 1. The van der Waals surface area contributed by atoms with Gasteiger partial charge in [0.1, 0.15) is 12.4 Å². The fraction of sp³-hybridized carbons (Fsp3) is 0.625. The van der Waals surface area contributed by atoms with Crippen molar-refractivity contribution in [2.45, 2.75) is 25.3 Å². The molecule has 24 heavy (non-hydrogen) atoms. The number of hydrogen-bond acceptors (Lipinski definition) is 5. The molecule has 0 radical (unpaired) electrons. The van der Waals surface area contributed by atoms with Crippen LogP contribution in [0.5, 0.6) is 0 Å². The van der Waals surface area contributed by atoms with Gasteiger partial charge < -0.3 is 9.47 Å². The van der Waals surface area contributed by atoms with Crippen molar-refractivity contribution in [2.75, 3.05) is 33.7 Å². The molecule has 1 aliphatic heterocycles. The second kappa shape index (κ2) is 7.12. The fourth-order valence-electron chi connectivity index (χ4n) is 3.09. The highest BCUT2D eigenvalue weighted by Gasteiger charge is 2.26. The summed E-state index contributed by atoms with van der Waals surface area (Å²) in [6.45, 7) is 2.98. The Morgan fingerprint density at radius 1 is 1.29 bits per heavy atom. The molecular weight excluding hydrogens is 306 g/mol. The lowest BCUT2D eigenvalue weighted by atomic mass is 9.96. The van der Waals surface area contributed by atoms with Crippen molar-refractivity contribution in [3.63, 3.8) is 0 Å². The Hall–Kier alpha value is -2.22. The zero-order chi connectivity index (χ0) is 17.1. The fourth-order valence-corrected chi connectivity index (χ4v) is 3.09. The number of carbonyl (C=O) groups is 1. The van der Waals surface area contributed by atoms with Gasteiger partial charge in [-0.2, -0.15) is 5.10 Å². The molecule has 0 unspecified atom stereocenters. The Balaban J connectivity index is 1.59. The number of amides is 1. The third-order valence-electron chi connectivity index (χ3n) is 4.67. The Morgan fingerprint density at radius 3 is 2.67 bits per heavy atom. The van der Waals surface area contributed by atoms with E-state index in [-0.39, 0.29) is 5.91 Å². The van der Waals surface area contributed by atoms with Crippen LogP contribution in [0.25, 0.3) is 0 Å². The maximum Gasteiger partial charge on any atom is 0.236 e. The lowest BCUT2D eigenvalue weighted by Gasteiger charge is -2.31. The van der Waals surface area contributed by atoms with Crippen LogP contribution in [0.2, 0.25) is 0 Å². The van der Waals surface area contributed by atoms with Gasteiger partial charge in [0.25, 0.3) is 0 Å². The second-order valence-corrected chi connectivity index (χ2v) is 6.58. The van der Waals surface area contributed by atoms with Crippen molar-refractivity contribution in [1.82, 2.24) is 34.3 Å². The standard InChI is InChI=1S/C16H25N7O/c1-20(2)15(24)12-22-9-5-13(6-10-22)16-19-18-14(21(16)3)11-23-8-4-7-17-23/h4,7-8,13H,5-6,9-12H2,1-3H3. The quantitative estimate of drug-likeness (QED) is 0.789. The smallest absolute Gasteiger partial charge is 0.236 e. The van der Waals surface area contributed by atoms with Gasteiger partial charge in [0, 0.05) is 39.5 Å². The molecule has 3 rings (SSSR count). The van der Waals surface area contributed by atoms with E-state index in [1.165, 1.54) is 0 Å². The highest BCUT2D eigenvalue weighted by atomic mass is 16.2. The molecule has 1 aliphatic rings. The first-order valence-electron chi connectivity index (χ1n) is 8.32. The van der Waals surface area contributed by atoms with E-state index in [1.807, 2.05) is 24.0 Å². The van der Waals surface area contributed by atoms with Crippen LogP contribution < -0.4 is 0 Å². The summed E-state index contributed by atoms with van der Waals surface area (Å²) in [7, 11) is 5.63. The molecule has 8 heteroatoms. The minimum absolute atomic E-state index is 0.161. The van der Waals surface area contributed by atoms with E-state index in [4.69, 9.17) is 0 Å². The zero-order valence-corrected chi connectivity index (χ0v) is 14.6. The Morgan fingerprint density at radius 2 is 2.04 bits per heavy atom. The Kier molecular flexibility index (Phi) is 4.94. The van der Waals surface area contributed by atoms with Gasteiger partial charge in [-0.25, -0.2) is 0 Å². The second-order valence-electron chi connectivity index (χ2n) is 6.58. The third kappa shape index (κ3) is 3.64. The van der Waals surface area contributed by atoms with Crippen LogP contribution in [0.4, 0.5) is 0 Å². The van der Waals surface area contributed by atoms with Crippen LogP contribution in [-0.2, 0) is 18.4 Å². The highest BCUT2D eigenvalue weighted by molar-refractivity contribution is 5.77. The lowest BCUT2D eigenvalue weighted by Crippen LogP contribution is -2.41. The summed E-state index contributed by atoms with van der Waals surface area (Å²) in [5.41, 5.74) is 0. The Bertz CT molecular complexity index is 669. The maximum absolute atomic E-state index is 11.8. The molecule has 1 saturated heterocycles. The molecule has 130 valence electrons. The van der Waals surface area contributed by atoms with Crippen LogP contribution in [0.1, 0.15) is 30.4 Å². The van der Waals surface area contributed by atoms with Crippen molar-refractivity contribution in [1.29, 1.82) is 0 Å². The van der Waals surface area contributed by atoms with Crippen LogP contribution in [0.3, 0.4) is 0 Å². The van der Waals surface area contributed by atoms with Crippen LogP contribution in [0.15, 0.2) is 18.5 Å². The molecule has 0 aliphatic carbocycles. The van der Waals surface area contributed by atoms with E-state index in [0.717, 1.165) is 37.6 Å². The predicted octanol–water partition coefficient (Wildman–Crippen LogP) is 0.328. The summed E-state index contributed by atoms with van der Waals surface area (Å²) in [6, 6.07) is 1.90. The highest BCUT2D eigenvalue weighted by Crippen LogP contribution is 2.26. The maximum atomic E-state index is 11.8. The van der Waals surface area contributed by atoms with Gasteiger partial charge in [0.15, 0.2) is 5.82 Å². The average Bonchev–Trinajstić information content (AvgIpc) is 3.19. The largest absolute Gasteiger partial charge is 0.348 e. The molecule has 0 bridgehead atoms. The minimum atomic E-state index is 0.161. The number of rotatable bonds is 5. The van der Waals surface area contributed by atoms with Crippen molar-refractivity contribution < 1.29 is 4.79 Å². The number of aromatic nitrogens is 5. The van der Waals surface area contributed by atoms with Crippen LogP contribution in [-0.4, -0.2) is 74.0 Å². The van der Waals surface area contributed by atoms with Gasteiger partial charge in [-0.1, -0.05) is 0 Å². The third-order valence-corrected chi connectivity index (χ3v) is 4.67. The van der Waals surface area contributed by atoms with E-state index in [9.17, 15) is 4.79 Å². The van der Waals surface area contributed by atoms with Gasteiger partial charge in [-0.3, -0.25) is 14.4 Å². The topological polar surface area (TPSA) is 72.1 Å². The van der Waals surface area contributed by atoms with E-state index in [1.54, 1.807) is 25.2 Å². The molecule has 0 atom stereocenters. The number of piperidine rings is 1. The normalized spacial score (nSPS) is 16.5. The van der Waals surface area contributed by atoms with Crippen LogP contribution >= 0.6 is 0 Å². The van der Waals surface area contributed by atoms with Crippen LogP contribution in [0, 0.1) is 0 Å². The summed E-state index contributed by atoms with van der Waals surface area (Å²) in [5.74, 6) is 2.52. The first-order chi connectivity index (χ1) is 11.5. The molecular formula is C16H25N7O. The van der Waals surface area contributed by atoms with Gasteiger partial charge >= 0.3 is 0 Å². The molecule has 3 heterocycles. The Labute approximate surface area is 142 Å². The molecule has 1 fully saturated rings. The van der Waals surface area contributed by atoms with Gasteiger partial charge in [0.2, 0.25) is 5.91 Å². The van der Waals surface area contributed by atoms with Crippen molar-refractivity contribution in [2.24, 2.45) is 7.05 Å². The summed E-state index contributed by atoms with van der Waals surface area (Å²) >= 11 is 0. The van der Waals surface area contributed by atoms with Crippen molar-refractivity contribution >= 4 is 5.91 Å². The van der Waals surface area contributed by atoms with Gasteiger partial charge in [-0.05, 0) is 32.0 Å². The predicted molar refractivity (Wildman–Crippen MR) is 89.4 cm³/mol. The summed E-state index contributed by atoms with van der Waals surface area (Å²) < 4.78 is 3.94. The van der Waals surface area contributed by atoms with E-state index >= 15 is 0 Å². The molecule has 2 aromatic rings. The molecule has 0 spiro atoms. The van der Waals surface area contributed by atoms with Gasteiger partial charge in [-0.15, -0.1) is 10.2 Å². The average molecular weight is 331 g/mol. The molecule has 0 saturated carbocycles. The van der Waals surface area contributed by atoms with Crippen molar-refractivity contribution in [3.05, 3.63) is 30.1 Å². The monoisotopic (exact) mass is 331 g/mol. The first-order valence-corrected chi connectivity index (χ1v) is 8.32. The van der Waals surface area contributed by atoms with Gasteiger partial charge in [0.05, 0.1) is 6.54 Å². The molecule has 8 nitrogen and oxygen atoms in total. The first kappa shape index (κ1) is 16.6. The lowest BCUT2D eigenvalue weighted by molar-refractivity contribution is -0.130. The summed E-state index contributed by atoms with van der Waals surface area (Å²) in [6.07, 6.45) is 5.71. The van der Waals surface area contributed by atoms with E-state index in [2.05, 4.69) is 24.8 Å². The number of nitrogens with zero attached hydrogens (tertiary/aromatic N) is 7. The summed E-state index contributed by atoms with van der Waals surface area (Å²) in [4.78, 5) is 15.7.